The molecule has 1 heteroatoms. The van der Waals surface area contributed by atoms with E-state index in [1.807, 2.05) is 6.07 Å². The van der Waals surface area contributed by atoms with Crippen molar-refractivity contribution < 1.29 is 4.74 Å². The van der Waals surface area contributed by atoms with Gasteiger partial charge in [0.05, 0.1) is 6.61 Å². The number of rotatable bonds is 3. The SMILES string of the molecule is CCCOc1ccc2c(c1)CC[C]=C2. The van der Waals surface area contributed by atoms with Gasteiger partial charge in [-0.25, -0.2) is 0 Å². The van der Waals surface area contributed by atoms with Crippen molar-refractivity contribution >= 4 is 6.08 Å². The van der Waals surface area contributed by atoms with Gasteiger partial charge in [0.25, 0.3) is 0 Å². The normalized spacial score (nSPS) is 13.8. The van der Waals surface area contributed by atoms with Gasteiger partial charge in [-0.15, -0.1) is 0 Å². The molecule has 0 N–H and O–H groups in total. The number of benzene rings is 1. The molecule has 73 valence electrons. The Morgan fingerprint density at radius 2 is 2.36 bits per heavy atom. The van der Waals surface area contributed by atoms with E-state index in [0.717, 1.165) is 31.6 Å². The van der Waals surface area contributed by atoms with Gasteiger partial charge in [-0.3, -0.25) is 0 Å². The standard InChI is InChI=1S/C13H15O/c1-2-9-14-13-8-7-11-5-3-4-6-12(11)10-13/h5,7-8,10H,2,4,6,9H2,1H3. The zero-order chi connectivity index (χ0) is 9.80. The Kier molecular flexibility index (Phi) is 2.87. The van der Waals surface area contributed by atoms with Crippen molar-refractivity contribution in [1.82, 2.24) is 0 Å². The van der Waals surface area contributed by atoms with E-state index >= 15 is 0 Å². The molecule has 1 nitrogen and oxygen atoms in total. The molecule has 0 amide bonds. The summed E-state index contributed by atoms with van der Waals surface area (Å²) >= 11 is 0. The minimum atomic E-state index is 0.806. The van der Waals surface area contributed by atoms with Crippen LogP contribution in [0.1, 0.15) is 30.9 Å². The highest BCUT2D eigenvalue weighted by Crippen LogP contribution is 2.23. The summed E-state index contributed by atoms with van der Waals surface area (Å²) in [6.07, 6.45) is 8.49. The number of hydrogen-bond donors (Lipinski definition) is 0. The molecule has 0 atom stereocenters. The first-order chi connectivity index (χ1) is 6.90. The molecule has 0 spiro atoms. The molecule has 0 aliphatic heterocycles. The summed E-state index contributed by atoms with van der Waals surface area (Å²) in [5, 5.41) is 0. The minimum absolute atomic E-state index is 0.806. The van der Waals surface area contributed by atoms with Crippen LogP contribution in [0, 0.1) is 6.08 Å². The van der Waals surface area contributed by atoms with E-state index < -0.39 is 0 Å². The van der Waals surface area contributed by atoms with Crippen molar-refractivity contribution in [3.63, 3.8) is 0 Å². The van der Waals surface area contributed by atoms with Crippen LogP contribution in [0.25, 0.3) is 6.08 Å². The van der Waals surface area contributed by atoms with Gasteiger partial charge >= 0.3 is 0 Å². The largest absolute Gasteiger partial charge is 0.494 e. The molecule has 0 aromatic heterocycles. The van der Waals surface area contributed by atoms with Gasteiger partial charge in [-0.05, 0) is 48.6 Å². The quantitative estimate of drug-likeness (QED) is 0.706. The molecule has 0 unspecified atom stereocenters. The lowest BCUT2D eigenvalue weighted by molar-refractivity contribution is 0.317. The lowest BCUT2D eigenvalue weighted by Crippen LogP contribution is -1.98. The lowest BCUT2D eigenvalue weighted by Gasteiger charge is -2.12. The fourth-order valence-electron chi connectivity index (χ4n) is 1.64. The van der Waals surface area contributed by atoms with E-state index in [2.05, 4.69) is 31.2 Å². The highest BCUT2D eigenvalue weighted by atomic mass is 16.5. The van der Waals surface area contributed by atoms with E-state index in [0.29, 0.717) is 0 Å². The number of fused-ring (bicyclic) bond motifs is 1. The molecular weight excluding hydrogens is 172 g/mol. The zero-order valence-electron chi connectivity index (χ0n) is 8.55. The Morgan fingerprint density at radius 3 is 3.21 bits per heavy atom. The molecule has 0 saturated heterocycles. The van der Waals surface area contributed by atoms with E-state index in [9.17, 15) is 0 Å². The van der Waals surface area contributed by atoms with Crippen molar-refractivity contribution in [2.75, 3.05) is 6.61 Å². The molecule has 1 aliphatic rings. The summed E-state index contributed by atoms with van der Waals surface area (Å²) in [5.74, 6) is 1.00. The van der Waals surface area contributed by atoms with Crippen molar-refractivity contribution in [3.05, 3.63) is 35.4 Å². The smallest absolute Gasteiger partial charge is 0.119 e. The Balaban J connectivity index is 2.17. The minimum Gasteiger partial charge on any atom is -0.494 e. The highest BCUT2D eigenvalue weighted by molar-refractivity contribution is 5.56. The van der Waals surface area contributed by atoms with Gasteiger partial charge in [0.2, 0.25) is 0 Å². The topological polar surface area (TPSA) is 9.23 Å². The van der Waals surface area contributed by atoms with E-state index in [1.54, 1.807) is 0 Å². The summed E-state index contributed by atoms with van der Waals surface area (Å²) in [6, 6.07) is 6.31. The van der Waals surface area contributed by atoms with Gasteiger partial charge in [-0.2, -0.15) is 0 Å². The third-order valence-electron chi connectivity index (χ3n) is 2.38. The Labute approximate surface area is 85.4 Å². The van der Waals surface area contributed by atoms with Crippen LogP contribution >= 0.6 is 0 Å². The molecule has 1 aromatic rings. The van der Waals surface area contributed by atoms with Crippen LogP contribution in [0.3, 0.4) is 0 Å². The fourth-order valence-corrected chi connectivity index (χ4v) is 1.64. The van der Waals surface area contributed by atoms with Crippen molar-refractivity contribution in [2.24, 2.45) is 0 Å². The Bertz CT molecular complexity index is 339. The maximum Gasteiger partial charge on any atom is 0.119 e. The van der Waals surface area contributed by atoms with Crippen LogP contribution in [0.5, 0.6) is 5.75 Å². The molecule has 0 saturated carbocycles. The summed E-state index contributed by atoms with van der Waals surface area (Å²) in [6.45, 7) is 2.93. The Morgan fingerprint density at radius 1 is 1.43 bits per heavy atom. The average Bonchev–Trinajstić information content (AvgIpc) is 2.26. The first-order valence-electron chi connectivity index (χ1n) is 5.22. The second-order valence-electron chi connectivity index (χ2n) is 3.56. The van der Waals surface area contributed by atoms with Gasteiger partial charge in [0.15, 0.2) is 0 Å². The maximum absolute atomic E-state index is 5.59. The predicted octanol–water partition coefficient (Wildman–Crippen LogP) is 3.24. The number of aryl methyl sites for hydroxylation is 1. The third kappa shape index (κ3) is 1.98. The summed E-state index contributed by atoms with van der Waals surface area (Å²) in [7, 11) is 0. The van der Waals surface area contributed by atoms with Crippen LogP contribution in [0.2, 0.25) is 0 Å². The highest BCUT2D eigenvalue weighted by Gasteiger charge is 2.05. The van der Waals surface area contributed by atoms with Crippen LogP contribution < -0.4 is 4.74 Å². The second-order valence-corrected chi connectivity index (χ2v) is 3.56. The molecule has 14 heavy (non-hydrogen) atoms. The lowest BCUT2D eigenvalue weighted by atomic mass is 9.97. The van der Waals surface area contributed by atoms with Gasteiger partial charge in [0.1, 0.15) is 5.75 Å². The molecule has 1 radical (unpaired) electrons. The van der Waals surface area contributed by atoms with E-state index in [4.69, 9.17) is 4.74 Å². The van der Waals surface area contributed by atoms with Gasteiger partial charge in [0, 0.05) is 0 Å². The Hall–Kier alpha value is -1.24. The average molecular weight is 187 g/mol. The van der Waals surface area contributed by atoms with E-state index in [1.165, 1.54) is 11.1 Å². The molecule has 1 aliphatic carbocycles. The molecule has 0 heterocycles. The zero-order valence-corrected chi connectivity index (χ0v) is 8.55. The molecule has 1 aromatic carbocycles. The summed E-state index contributed by atoms with van der Waals surface area (Å²) in [5.41, 5.74) is 2.68. The second kappa shape index (κ2) is 4.32. The van der Waals surface area contributed by atoms with Crippen molar-refractivity contribution in [2.45, 2.75) is 26.2 Å². The maximum atomic E-state index is 5.59. The first kappa shape index (κ1) is 9.32. The predicted molar refractivity (Wildman–Crippen MR) is 58.3 cm³/mol. The number of hydrogen-bond acceptors (Lipinski definition) is 1. The van der Waals surface area contributed by atoms with Gasteiger partial charge < -0.3 is 4.74 Å². The molecular formula is C13H15O. The van der Waals surface area contributed by atoms with Crippen LogP contribution in [0.15, 0.2) is 18.2 Å². The van der Waals surface area contributed by atoms with Gasteiger partial charge in [-0.1, -0.05) is 19.1 Å². The monoisotopic (exact) mass is 187 g/mol. The number of allylic oxidation sites excluding steroid dienone is 1. The number of ether oxygens (including phenoxy) is 1. The molecule has 2 rings (SSSR count). The van der Waals surface area contributed by atoms with Crippen molar-refractivity contribution in [3.8, 4) is 5.75 Å². The fraction of sp³-hybridized carbons (Fsp3) is 0.385. The molecule has 0 fully saturated rings. The first-order valence-corrected chi connectivity index (χ1v) is 5.22. The van der Waals surface area contributed by atoms with Crippen LogP contribution in [-0.2, 0) is 6.42 Å². The summed E-state index contributed by atoms with van der Waals surface area (Å²) < 4.78 is 5.59. The summed E-state index contributed by atoms with van der Waals surface area (Å²) in [4.78, 5) is 0. The third-order valence-corrected chi connectivity index (χ3v) is 2.38. The van der Waals surface area contributed by atoms with Crippen LogP contribution in [0.4, 0.5) is 0 Å². The van der Waals surface area contributed by atoms with E-state index in [-0.39, 0.29) is 0 Å². The van der Waals surface area contributed by atoms with Crippen molar-refractivity contribution in [1.29, 1.82) is 0 Å². The van der Waals surface area contributed by atoms with Crippen LogP contribution in [-0.4, -0.2) is 6.61 Å². The molecule has 0 bridgehead atoms.